The van der Waals surface area contributed by atoms with Crippen molar-refractivity contribution in [2.45, 2.75) is 33.4 Å². The Balaban J connectivity index is 1.74. The Kier molecular flexibility index (Phi) is 7.72. The normalized spacial score (nSPS) is 16.6. The maximum Gasteiger partial charge on any atom is 0.338 e. The van der Waals surface area contributed by atoms with Crippen LogP contribution in [0.15, 0.2) is 78.4 Å². The predicted molar refractivity (Wildman–Crippen MR) is 139 cm³/mol. The van der Waals surface area contributed by atoms with Crippen molar-refractivity contribution in [1.29, 1.82) is 0 Å². The maximum atomic E-state index is 13.3. The zero-order valence-electron chi connectivity index (χ0n) is 21.1. The fourth-order valence-corrected chi connectivity index (χ4v) is 4.45. The Hall–Kier alpha value is -4.39. The van der Waals surface area contributed by atoms with Crippen molar-refractivity contribution < 1.29 is 29.0 Å². The third-order valence-corrected chi connectivity index (χ3v) is 6.22. The molecule has 190 valence electrons. The zero-order valence-corrected chi connectivity index (χ0v) is 21.1. The van der Waals surface area contributed by atoms with Crippen LogP contribution in [0.1, 0.15) is 52.5 Å². The Labute approximate surface area is 215 Å². The first kappa shape index (κ1) is 25.7. The summed E-state index contributed by atoms with van der Waals surface area (Å²) in [5, 5.41) is 11.3. The van der Waals surface area contributed by atoms with Gasteiger partial charge in [-0.25, -0.2) is 4.79 Å². The van der Waals surface area contributed by atoms with E-state index in [4.69, 9.17) is 9.47 Å². The number of carbonyl (C=O) groups is 3. The highest BCUT2D eigenvalue weighted by atomic mass is 16.5. The standard InChI is InChI=1S/C30H29NO6/c1-4-36-24-16-15-23(17-19(24)3)27(32)25-26(21-9-7-6-8-10-21)31(29(34)28(25)33)18-20-11-13-22(14-12-20)30(35)37-5-2/h6-17,26,32H,4-5,18H2,1-3H3/b27-25-. The van der Waals surface area contributed by atoms with Crippen LogP contribution in [-0.4, -0.2) is 40.9 Å². The number of aliphatic hydroxyl groups is 1. The van der Waals surface area contributed by atoms with Gasteiger partial charge in [-0.2, -0.15) is 0 Å². The molecular weight excluding hydrogens is 470 g/mol. The molecule has 37 heavy (non-hydrogen) atoms. The second kappa shape index (κ2) is 11.1. The van der Waals surface area contributed by atoms with E-state index in [0.717, 1.165) is 11.1 Å². The lowest BCUT2D eigenvalue weighted by Crippen LogP contribution is -2.29. The number of benzene rings is 3. The molecule has 0 spiro atoms. The number of ketones is 1. The van der Waals surface area contributed by atoms with E-state index in [1.165, 1.54) is 4.90 Å². The Morgan fingerprint density at radius 3 is 2.22 bits per heavy atom. The molecule has 1 heterocycles. The van der Waals surface area contributed by atoms with Crippen molar-refractivity contribution in [2.75, 3.05) is 13.2 Å². The molecule has 0 radical (unpaired) electrons. The summed E-state index contributed by atoms with van der Waals surface area (Å²) in [7, 11) is 0. The molecule has 0 saturated carbocycles. The SMILES string of the molecule is CCOC(=O)c1ccc(CN2C(=O)C(=O)/C(=C(\O)c3ccc(OCC)c(C)c3)C2c2ccccc2)cc1. The molecule has 0 aliphatic carbocycles. The summed E-state index contributed by atoms with van der Waals surface area (Å²) < 4.78 is 10.6. The van der Waals surface area contributed by atoms with Crippen LogP contribution in [0.3, 0.4) is 0 Å². The molecule has 1 N–H and O–H groups in total. The van der Waals surface area contributed by atoms with Gasteiger partial charge in [0, 0.05) is 12.1 Å². The average molecular weight is 500 g/mol. The number of hydrogen-bond donors (Lipinski definition) is 1. The largest absolute Gasteiger partial charge is 0.507 e. The van der Waals surface area contributed by atoms with Crippen LogP contribution in [0.5, 0.6) is 5.75 Å². The summed E-state index contributed by atoms with van der Waals surface area (Å²) in [5.74, 6) is -1.43. The van der Waals surface area contributed by atoms with Crippen LogP contribution >= 0.6 is 0 Å². The van der Waals surface area contributed by atoms with Crippen LogP contribution in [-0.2, 0) is 20.9 Å². The van der Waals surface area contributed by atoms with Crippen LogP contribution in [0.4, 0.5) is 0 Å². The number of carbonyl (C=O) groups excluding carboxylic acids is 3. The fraction of sp³-hybridized carbons (Fsp3) is 0.233. The van der Waals surface area contributed by atoms with Crippen molar-refractivity contribution in [3.63, 3.8) is 0 Å². The van der Waals surface area contributed by atoms with Crippen molar-refractivity contribution in [1.82, 2.24) is 4.90 Å². The van der Waals surface area contributed by atoms with Gasteiger partial charge in [-0.15, -0.1) is 0 Å². The van der Waals surface area contributed by atoms with Gasteiger partial charge in [-0.05, 0) is 67.8 Å². The quantitative estimate of drug-likeness (QED) is 0.198. The van der Waals surface area contributed by atoms with Gasteiger partial charge in [-0.3, -0.25) is 9.59 Å². The van der Waals surface area contributed by atoms with Gasteiger partial charge in [0.15, 0.2) is 0 Å². The lowest BCUT2D eigenvalue weighted by atomic mass is 9.94. The highest BCUT2D eigenvalue weighted by Gasteiger charge is 2.46. The predicted octanol–water partition coefficient (Wildman–Crippen LogP) is 5.19. The molecule has 1 aliphatic heterocycles. The van der Waals surface area contributed by atoms with Gasteiger partial charge < -0.3 is 19.5 Å². The lowest BCUT2D eigenvalue weighted by Gasteiger charge is -2.25. The van der Waals surface area contributed by atoms with Crippen LogP contribution < -0.4 is 4.74 Å². The second-order valence-corrected chi connectivity index (χ2v) is 8.67. The van der Waals surface area contributed by atoms with Gasteiger partial charge in [-0.1, -0.05) is 42.5 Å². The first-order valence-electron chi connectivity index (χ1n) is 12.2. The molecule has 4 rings (SSSR count). The van der Waals surface area contributed by atoms with E-state index in [2.05, 4.69) is 0 Å². The van der Waals surface area contributed by atoms with Crippen LogP contribution in [0, 0.1) is 6.92 Å². The minimum Gasteiger partial charge on any atom is -0.507 e. The molecule has 0 bridgehead atoms. The summed E-state index contributed by atoms with van der Waals surface area (Å²) in [5.41, 5.74) is 3.10. The van der Waals surface area contributed by atoms with Gasteiger partial charge in [0.05, 0.1) is 30.4 Å². The van der Waals surface area contributed by atoms with Crippen LogP contribution in [0.25, 0.3) is 5.76 Å². The monoisotopic (exact) mass is 499 g/mol. The number of hydrogen-bond acceptors (Lipinski definition) is 6. The molecule has 3 aromatic rings. The van der Waals surface area contributed by atoms with Gasteiger partial charge in [0.25, 0.3) is 11.7 Å². The highest BCUT2D eigenvalue weighted by molar-refractivity contribution is 6.46. The Morgan fingerprint density at radius 2 is 1.59 bits per heavy atom. The average Bonchev–Trinajstić information content (AvgIpc) is 3.15. The molecule has 0 aromatic heterocycles. The van der Waals surface area contributed by atoms with Gasteiger partial charge in [0.1, 0.15) is 11.5 Å². The smallest absolute Gasteiger partial charge is 0.338 e. The molecule has 1 saturated heterocycles. The first-order chi connectivity index (χ1) is 17.8. The molecule has 1 fully saturated rings. The molecule has 3 aromatic carbocycles. The molecule has 7 nitrogen and oxygen atoms in total. The molecule has 1 unspecified atom stereocenters. The number of likely N-dealkylation sites (tertiary alicyclic amines) is 1. The number of aliphatic hydroxyl groups excluding tert-OH is 1. The number of aryl methyl sites for hydroxylation is 1. The zero-order chi connectivity index (χ0) is 26.5. The summed E-state index contributed by atoms with van der Waals surface area (Å²) in [6.45, 7) is 6.38. The summed E-state index contributed by atoms with van der Waals surface area (Å²) >= 11 is 0. The van der Waals surface area contributed by atoms with Crippen molar-refractivity contribution in [2.24, 2.45) is 0 Å². The van der Waals surface area contributed by atoms with E-state index < -0.39 is 23.7 Å². The van der Waals surface area contributed by atoms with E-state index in [9.17, 15) is 19.5 Å². The number of Topliss-reactive ketones (excluding diaryl/α,β-unsaturated/α-hetero) is 1. The van der Waals surface area contributed by atoms with Gasteiger partial charge >= 0.3 is 5.97 Å². The summed E-state index contributed by atoms with van der Waals surface area (Å²) in [6.07, 6.45) is 0. The summed E-state index contributed by atoms with van der Waals surface area (Å²) in [6, 6.07) is 20.2. The molecule has 1 amide bonds. The number of amides is 1. The highest BCUT2D eigenvalue weighted by Crippen LogP contribution is 2.40. The Morgan fingerprint density at radius 1 is 0.919 bits per heavy atom. The Bertz CT molecular complexity index is 1340. The molecular formula is C30H29NO6. The number of nitrogens with zero attached hydrogens (tertiary/aromatic N) is 1. The number of rotatable bonds is 8. The first-order valence-corrected chi connectivity index (χ1v) is 12.2. The van der Waals surface area contributed by atoms with E-state index in [1.807, 2.05) is 44.2 Å². The minimum atomic E-state index is -0.780. The minimum absolute atomic E-state index is 0.0305. The third-order valence-electron chi connectivity index (χ3n) is 6.22. The summed E-state index contributed by atoms with van der Waals surface area (Å²) in [4.78, 5) is 40.0. The molecule has 1 atom stereocenters. The topological polar surface area (TPSA) is 93.1 Å². The van der Waals surface area contributed by atoms with Gasteiger partial charge in [0.2, 0.25) is 0 Å². The van der Waals surface area contributed by atoms with E-state index in [0.29, 0.717) is 29.0 Å². The van der Waals surface area contributed by atoms with E-state index in [-0.39, 0.29) is 24.5 Å². The number of esters is 1. The molecule has 1 aliphatic rings. The van der Waals surface area contributed by atoms with E-state index in [1.54, 1.807) is 49.4 Å². The van der Waals surface area contributed by atoms with Crippen LogP contribution in [0.2, 0.25) is 0 Å². The van der Waals surface area contributed by atoms with Crippen molar-refractivity contribution >= 4 is 23.4 Å². The number of ether oxygens (including phenoxy) is 2. The fourth-order valence-electron chi connectivity index (χ4n) is 4.45. The molecule has 7 heteroatoms. The van der Waals surface area contributed by atoms with E-state index >= 15 is 0 Å². The second-order valence-electron chi connectivity index (χ2n) is 8.67. The lowest BCUT2D eigenvalue weighted by molar-refractivity contribution is -0.140. The third kappa shape index (κ3) is 5.26. The maximum absolute atomic E-state index is 13.3. The van der Waals surface area contributed by atoms with Crippen molar-refractivity contribution in [3.05, 3.63) is 106 Å². The van der Waals surface area contributed by atoms with Crippen molar-refractivity contribution in [3.8, 4) is 5.75 Å².